The van der Waals surface area contributed by atoms with Gasteiger partial charge in [0.1, 0.15) is 0 Å². The van der Waals surface area contributed by atoms with Crippen molar-refractivity contribution in [3.8, 4) is 0 Å². The van der Waals surface area contributed by atoms with Gasteiger partial charge in [-0.25, -0.2) is 0 Å². The van der Waals surface area contributed by atoms with Crippen LogP contribution < -0.4 is 10.9 Å². The Labute approximate surface area is 89.9 Å². The minimum atomic E-state index is 0.00508. The van der Waals surface area contributed by atoms with E-state index in [2.05, 4.69) is 12.2 Å². The number of hydrogen-bond acceptors (Lipinski definition) is 3. The molecule has 1 rings (SSSR count). The summed E-state index contributed by atoms with van der Waals surface area (Å²) in [5, 5.41) is 3.26. The van der Waals surface area contributed by atoms with Gasteiger partial charge in [0.25, 0.3) is 0 Å². The monoisotopic (exact) mass is 210 g/mol. The van der Waals surface area contributed by atoms with Crippen molar-refractivity contribution in [3.63, 3.8) is 0 Å². The first-order chi connectivity index (χ1) is 7.13. The van der Waals surface area contributed by atoms with Crippen molar-refractivity contribution >= 4 is 5.69 Å². The summed E-state index contributed by atoms with van der Waals surface area (Å²) in [6.45, 7) is 3.68. The zero-order valence-electron chi connectivity index (χ0n) is 9.49. The number of nitrogens with zero attached hydrogens (tertiary/aromatic N) is 1. The van der Waals surface area contributed by atoms with Crippen molar-refractivity contribution in [1.82, 2.24) is 4.57 Å². The van der Waals surface area contributed by atoms with Gasteiger partial charge in [0, 0.05) is 33.0 Å². The molecular weight excluding hydrogens is 192 g/mol. The van der Waals surface area contributed by atoms with E-state index in [1.807, 2.05) is 0 Å². The van der Waals surface area contributed by atoms with Crippen LogP contribution in [-0.2, 0) is 11.8 Å². The van der Waals surface area contributed by atoms with Crippen molar-refractivity contribution in [3.05, 3.63) is 28.7 Å². The first-order valence-corrected chi connectivity index (χ1v) is 5.03. The number of hydrogen-bond donors (Lipinski definition) is 1. The summed E-state index contributed by atoms with van der Waals surface area (Å²) in [5.74, 6) is 0.451. The van der Waals surface area contributed by atoms with Crippen molar-refractivity contribution in [2.45, 2.75) is 6.92 Å². The predicted molar refractivity (Wildman–Crippen MR) is 61.2 cm³/mol. The lowest BCUT2D eigenvalue weighted by molar-refractivity contribution is 0.164. The first-order valence-electron chi connectivity index (χ1n) is 5.03. The first kappa shape index (κ1) is 11.8. The van der Waals surface area contributed by atoms with Gasteiger partial charge >= 0.3 is 0 Å². The highest BCUT2D eigenvalue weighted by Crippen LogP contribution is 2.04. The Kier molecular flexibility index (Phi) is 4.37. The Bertz CT molecular complexity index is 360. The Balaban J connectivity index is 2.51. The topological polar surface area (TPSA) is 43.3 Å². The van der Waals surface area contributed by atoms with E-state index in [0.717, 1.165) is 18.8 Å². The fourth-order valence-electron chi connectivity index (χ4n) is 1.33. The Hall–Kier alpha value is -1.29. The molecule has 1 atom stereocenters. The smallest absolute Gasteiger partial charge is 0.250 e. The van der Waals surface area contributed by atoms with E-state index >= 15 is 0 Å². The summed E-state index contributed by atoms with van der Waals surface area (Å²) in [6, 6.07) is 3.35. The van der Waals surface area contributed by atoms with Crippen LogP contribution in [0.3, 0.4) is 0 Å². The van der Waals surface area contributed by atoms with Crippen LogP contribution in [0, 0.1) is 5.92 Å². The lowest BCUT2D eigenvalue weighted by Gasteiger charge is -2.12. The van der Waals surface area contributed by atoms with Gasteiger partial charge in [0.2, 0.25) is 5.56 Å². The summed E-state index contributed by atoms with van der Waals surface area (Å²) in [4.78, 5) is 11.1. The number of anilines is 1. The molecule has 15 heavy (non-hydrogen) atoms. The third kappa shape index (κ3) is 3.75. The summed E-state index contributed by atoms with van der Waals surface area (Å²) < 4.78 is 6.60. The number of methoxy groups -OCH3 is 1. The van der Waals surface area contributed by atoms with Crippen LogP contribution >= 0.6 is 0 Å². The van der Waals surface area contributed by atoms with Crippen LogP contribution in [0.25, 0.3) is 0 Å². The van der Waals surface area contributed by atoms with Crippen LogP contribution in [0.4, 0.5) is 5.69 Å². The molecule has 1 aromatic rings. The van der Waals surface area contributed by atoms with Gasteiger partial charge in [0.05, 0.1) is 12.3 Å². The summed E-state index contributed by atoms with van der Waals surface area (Å²) >= 11 is 0. The van der Waals surface area contributed by atoms with E-state index in [4.69, 9.17) is 4.74 Å². The standard InChI is InChI=1S/C11H18N2O2/c1-9(8-15-3)6-12-10-4-5-11(14)13(2)7-10/h4-5,7,9,12H,6,8H2,1-3H3. The normalized spacial score (nSPS) is 12.5. The maximum atomic E-state index is 11.1. The second-order valence-electron chi connectivity index (χ2n) is 3.81. The molecule has 0 fully saturated rings. The van der Waals surface area contributed by atoms with E-state index in [0.29, 0.717) is 5.92 Å². The van der Waals surface area contributed by atoms with Gasteiger partial charge < -0.3 is 14.6 Å². The number of nitrogens with one attached hydrogen (secondary N) is 1. The van der Waals surface area contributed by atoms with E-state index in [1.165, 1.54) is 0 Å². The molecule has 0 bridgehead atoms. The predicted octanol–water partition coefficient (Wildman–Crippen LogP) is 1.08. The van der Waals surface area contributed by atoms with Crippen molar-refractivity contribution in [1.29, 1.82) is 0 Å². The zero-order chi connectivity index (χ0) is 11.3. The number of aryl methyl sites for hydroxylation is 1. The molecule has 0 aromatic carbocycles. The molecule has 0 aliphatic carbocycles. The van der Waals surface area contributed by atoms with Gasteiger partial charge in [0.15, 0.2) is 0 Å². The average Bonchev–Trinajstić information content (AvgIpc) is 2.20. The number of aromatic nitrogens is 1. The minimum absolute atomic E-state index is 0.00508. The van der Waals surface area contributed by atoms with E-state index in [1.54, 1.807) is 37.1 Å². The highest BCUT2D eigenvalue weighted by molar-refractivity contribution is 5.40. The molecular formula is C11H18N2O2. The molecule has 0 radical (unpaired) electrons. The highest BCUT2D eigenvalue weighted by atomic mass is 16.5. The van der Waals surface area contributed by atoms with Gasteiger partial charge in [-0.05, 0) is 12.0 Å². The minimum Gasteiger partial charge on any atom is -0.384 e. The van der Waals surface area contributed by atoms with Crippen LogP contribution in [0.5, 0.6) is 0 Å². The van der Waals surface area contributed by atoms with Gasteiger partial charge in [-0.3, -0.25) is 4.79 Å². The Morgan fingerprint density at radius 3 is 2.87 bits per heavy atom. The quantitative estimate of drug-likeness (QED) is 0.791. The molecule has 4 heteroatoms. The fourth-order valence-corrected chi connectivity index (χ4v) is 1.33. The van der Waals surface area contributed by atoms with Crippen molar-refractivity contribution in [2.75, 3.05) is 25.6 Å². The van der Waals surface area contributed by atoms with E-state index in [-0.39, 0.29) is 5.56 Å². The fraction of sp³-hybridized carbons (Fsp3) is 0.545. The largest absolute Gasteiger partial charge is 0.384 e. The molecule has 4 nitrogen and oxygen atoms in total. The third-order valence-corrected chi connectivity index (χ3v) is 2.19. The van der Waals surface area contributed by atoms with Crippen LogP contribution in [0.2, 0.25) is 0 Å². The maximum Gasteiger partial charge on any atom is 0.250 e. The second-order valence-corrected chi connectivity index (χ2v) is 3.81. The average molecular weight is 210 g/mol. The number of ether oxygens (including phenoxy) is 1. The molecule has 1 N–H and O–H groups in total. The van der Waals surface area contributed by atoms with Crippen molar-refractivity contribution in [2.24, 2.45) is 13.0 Å². The lowest BCUT2D eigenvalue weighted by Crippen LogP contribution is -2.19. The zero-order valence-corrected chi connectivity index (χ0v) is 9.49. The van der Waals surface area contributed by atoms with Gasteiger partial charge in [-0.2, -0.15) is 0 Å². The van der Waals surface area contributed by atoms with Gasteiger partial charge in [-0.1, -0.05) is 6.92 Å². The van der Waals surface area contributed by atoms with Crippen molar-refractivity contribution < 1.29 is 4.74 Å². The van der Waals surface area contributed by atoms with E-state index in [9.17, 15) is 4.79 Å². The SMILES string of the molecule is COCC(C)CNc1ccc(=O)n(C)c1. The summed E-state index contributed by atoms with van der Waals surface area (Å²) in [7, 11) is 3.44. The molecule has 1 unspecified atom stereocenters. The summed E-state index contributed by atoms with van der Waals surface area (Å²) in [6.07, 6.45) is 1.79. The molecule has 0 saturated heterocycles. The number of pyridine rings is 1. The highest BCUT2D eigenvalue weighted by Gasteiger charge is 2.01. The van der Waals surface area contributed by atoms with E-state index < -0.39 is 0 Å². The molecule has 0 aliphatic heterocycles. The Morgan fingerprint density at radius 2 is 2.27 bits per heavy atom. The summed E-state index contributed by atoms with van der Waals surface area (Å²) in [5.41, 5.74) is 0.963. The van der Waals surface area contributed by atoms with Crippen LogP contribution in [0.1, 0.15) is 6.92 Å². The molecule has 0 saturated carbocycles. The van der Waals surface area contributed by atoms with Gasteiger partial charge in [-0.15, -0.1) is 0 Å². The Morgan fingerprint density at radius 1 is 1.53 bits per heavy atom. The van der Waals surface area contributed by atoms with Crippen LogP contribution in [-0.4, -0.2) is 24.8 Å². The molecule has 0 spiro atoms. The molecule has 0 amide bonds. The maximum absolute atomic E-state index is 11.1. The molecule has 1 aromatic heterocycles. The van der Waals surface area contributed by atoms with Crippen LogP contribution in [0.15, 0.2) is 23.1 Å². The number of rotatable bonds is 5. The lowest BCUT2D eigenvalue weighted by atomic mass is 10.2. The molecule has 84 valence electrons. The third-order valence-electron chi connectivity index (χ3n) is 2.19. The molecule has 1 heterocycles. The molecule has 0 aliphatic rings. The second kappa shape index (κ2) is 5.56.